The van der Waals surface area contributed by atoms with Gasteiger partial charge in [-0.1, -0.05) is 53.7 Å². The summed E-state index contributed by atoms with van der Waals surface area (Å²) in [5.41, 5.74) is 5.82. The van der Waals surface area contributed by atoms with Gasteiger partial charge < -0.3 is 5.73 Å². The average Bonchev–Trinajstić information content (AvgIpc) is 2.67. The fraction of sp³-hybridized carbons (Fsp3) is 0.562. The third-order valence-corrected chi connectivity index (χ3v) is 4.79. The van der Waals surface area contributed by atoms with Gasteiger partial charge in [0.05, 0.1) is 0 Å². The van der Waals surface area contributed by atoms with E-state index in [9.17, 15) is 4.79 Å². The van der Waals surface area contributed by atoms with Crippen molar-refractivity contribution in [3.05, 3.63) is 34.3 Å². The first-order valence-corrected chi connectivity index (χ1v) is 8.15. The lowest BCUT2D eigenvalue weighted by atomic mass is 9.89. The lowest BCUT2D eigenvalue weighted by molar-refractivity contribution is -0.124. The molecular formula is C16H23BrN2O. The van der Waals surface area contributed by atoms with E-state index in [1.54, 1.807) is 0 Å². The Bertz CT molecular complexity index is 452. The van der Waals surface area contributed by atoms with Crippen molar-refractivity contribution in [1.29, 1.82) is 0 Å². The molecule has 20 heavy (non-hydrogen) atoms. The van der Waals surface area contributed by atoms with Crippen molar-refractivity contribution >= 4 is 21.8 Å². The van der Waals surface area contributed by atoms with Gasteiger partial charge >= 0.3 is 0 Å². The van der Waals surface area contributed by atoms with E-state index in [4.69, 9.17) is 5.73 Å². The Balaban J connectivity index is 2.20. The predicted molar refractivity (Wildman–Crippen MR) is 85.3 cm³/mol. The first-order valence-electron chi connectivity index (χ1n) is 7.36. The van der Waals surface area contributed by atoms with Crippen LogP contribution in [-0.2, 0) is 10.3 Å². The number of nitrogens with two attached hydrogens (primary N) is 1. The van der Waals surface area contributed by atoms with Gasteiger partial charge in [-0.15, -0.1) is 0 Å². The number of halogens is 1. The maximum atomic E-state index is 12.0. The molecule has 0 aromatic heterocycles. The molecule has 3 nitrogen and oxygen atoms in total. The third kappa shape index (κ3) is 3.61. The zero-order chi connectivity index (χ0) is 14.6. The predicted octanol–water partition coefficient (Wildman–Crippen LogP) is 3.46. The summed E-state index contributed by atoms with van der Waals surface area (Å²) in [6.07, 6.45) is 7.30. The number of benzene rings is 1. The van der Waals surface area contributed by atoms with Crippen molar-refractivity contribution in [2.45, 2.75) is 57.0 Å². The zero-order valence-corrected chi connectivity index (χ0v) is 13.6. The molecule has 0 saturated heterocycles. The number of carbonyl (C=O) groups is 1. The Labute approximate surface area is 129 Å². The molecule has 0 aliphatic heterocycles. The molecule has 1 aliphatic carbocycles. The van der Waals surface area contributed by atoms with Crippen LogP contribution in [0.25, 0.3) is 0 Å². The van der Waals surface area contributed by atoms with Crippen LogP contribution in [0.15, 0.2) is 28.7 Å². The maximum Gasteiger partial charge on any atom is 0.242 e. The molecule has 4 heteroatoms. The smallest absolute Gasteiger partial charge is 0.242 e. The summed E-state index contributed by atoms with van der Waals surface area (Å²) in [4.78, 5) is 12.0. The van der Waals surface area contributed by atoms with Crippen LogP contribution in [0.1, 0.15) is 51.0 Å². The highest BCUT2D eigenvalue weighted by Crippen LogP contribution is 2.26. The molecule has 0 heterocycles. The second-order valence-corrected chi connectivity index (χ2v) is 6.74. The van der Waals surface area contributed by atoms with Crippen molar-refractivity contribution in [3.63, 3.8) is 0 Å². The molecule has 2 rings (SSSR count). The average molecular weight is 339 g/mol. The second-order valence-electron chi connectivity index (χ2n) is 5.83. The van der Waals surface area contributed by atoms with E-state index in [1.165, 1.54) is 25.7 Å². The summed E-state index contributed by atoms with van der Waals surface area (Å²) in [5, 5.41) is 3.52. The topological polar surface area (TPSA) is 55.1 Å². The first-order chi connectivity index (χ1) is 9.52. The van der Waals surface area contributed by atoms with Gasteiger partial charge in [0.15, 0.2) is 0 Å². The van der Waals surface area contributed by atoms with Crippen LogP contribution in [-0.4, -0.2) is 11.9 Å². The van der Waals surface area contributed by atoms with E-state index in [1.807, 2.05) is 31.2 Å². The minimum atomic E-state index is -0.796. The van der Waals surface area contributed by atoms with Crippen molar-refractivity contribution in [2.24, 2.45) is 5.73 Å². The number of rotatable bonds is 4. The van der Waals surface area contributed by atoms with Crippen molar-refractivity contribution in [2.75, 3.05) is 0 Å². The number of primary amides is 1. The summed E-state index contributed by atoms with van der Waals surface area (Å²) < 4.78 is 1.00. The van der Waals surface area contributed by atoms with Gasteiger partial charge in [-0.2, -0.15) is 0 Å². The van der Waals surface area contributed by atoms with Gasteiger partial charge in [-0.3, -0.25) is 10.1 Å². The fourth-order valence-corrected chi connectivity index (χ4v) is 3.18. The summed E-state index contributed by atoms with van der Waals surface area (Å²) in [6.45, 7) is 1.89. The molecule has 0 radical (unpaired) electrons. The van der Waals surface area contributed by atoms with Crippen LogP contribution < -0.4 is 11.1 Å². The number of hydrogen-bond acceptors (Lipinski definition) is 2. The molecule has 1 unspecified atom stereocenters. The van der Waals surface area contributed by atoms with E-state index in [0.717, 1.165) is 22.9 Å². The van der Waals surface area contributed by atoms with Gasteiger partial charge in [-0.05, 0) is 37.5 Å². The van der Waals surface area contributed by atoms with Gasteiger partial charge in [-0.25, -0.2) is 0 Å². The summed E-state index contributed by atoms with van der Waals surface area (Å²) in [7, 11) is 0. The van der Waals surface area contributed by atoms with Crippen molar-refractivity contribution < 1.29 is 4.79 Å². The first kappa shape index (κ1) is 15.5. The monoisotopic (exact) mass is 338 g/mol. The van der Waals surface area contributed by atoms with E-state index >= 15 is 0 Å². The number of carbonyl (C=O) groups excluding carboxylic acids is 1. The van der Waals surface area contributed by atoms with Gasteiger partial charge in [0.25, 0.3) is 0 Å². The van der Waals surface area contributed by atoms with Gasteiger partial charge in [0, 0.05) is 10.5 Å². The maximum absolute atomic E-state index is 12.0. The molecule has 1 saturated carbocycles. The van der Waals surface area contributed by atoms with E-state index in [-0.39, 0.29) is 5.91 Å². The summed E-state index contributed by atoms with van der Waals surface area (Å²) in [5.74, 6) is -0.316. The molecule has 0 spiro atoms. The summed E-state index contributed by atoms with van der Waals surface area (Å²) >= 11 is 3.42. The van der Waals surface area contributed by atoms with Crippen LogP contribution in [0.4, 0.5) is 0 Å². The molecule has 3 N–H and O–H groups in total. The molecule has 1 fully saturated rings. The Morgan fingerprint density at radius 3 is 2.25 bits per heavy atom. The van der Waals surface area contributed by atoms with E-state index < -0.39 is 5.54 Å². The molecule has 110 valence electrons. The fourth-order valence-electron chi connectivity index (χ4n) is 2.91. The molecular weight excluding hydrogens is 316 g/mol. The minimum absolute atomic E-state index is 0.316. The lowest BCUT2D eigenvalue weighted by Crippen LogP contribution is -2.54. The standard InChI is InChI=1S/C16H23BrN2O/c1-16(15(18)20,12-8-10-13(17)11-9-12)19-14-6-4-2-3-5-7-14/h8-11,14,19H,2-7H2,1H3,(H2,18,20). The second kappa shape index (κ2) is 6.72. The molecule has 0 bridgehead atoms. The molecule has 1 aliphatic rings. The largest absolute Gasteiger partial charge is 0.368 e. The van der Waals surface area contributed by atoms with Crippen LogP contribution in [0, 0.1) is 0 Å². The van der Waals surface area contributed by atoms with Crippen molar-refractivity contribution in [1.82, 2.24) is 5.32 Å². The highest BCUT2D eigenvalue weighted by atomic mass is 79.9. The minimum Gasteiger partial charge on any atom is -0.368 e. The lowest BCUT2D eigenvalue weighted by Gasteiger charge is -2.33. The molecule has 1 amide bonds. The van der Waals surface area contributed by atoms with E-state index in [0.29, 0.717) is 6.04 Å². The SMILES string of the molecule is CC(NC1CCCCCC1)(C(N)=O)c1ccc(Br)cc1. The van der Waals surface area contributed by atoms with Crippen LogP contribution in [0.5, 0.6) is 0 Å². The molecule has 1 aromatic rings. The molecule has 1 atom stereocenters. The van der Waals surface area contributed by atoms with Gasteiger partial charge in [0.2, 0.25) is 5.91 Å². The quantitative estimate of drug-likeness (QED) is 0.826. The normalized spacial score (nSPS) is 20.1. The van der Waals surface area contributed by atoms with Crippen LogP contribution >= 0.6 is 15.9 Å². The number of nitrogens with one attached hydrogen (secondary N) is 1. The molecule has 1 aromatic carbocycles. The number of amides is 1. The van der Waals surface area contributed by atoms with Crippen LogP contribution in [0.2, 0.25) is 0 Å². The van der Waals surface area contributed by atoms with Gasteiger partial charge in [0.1, 0.15) is 5.54 Å². The van der Waals surface area contributed by atoms with Crippen LogP contribution in [0.3, 0.4) is 0 Å². The summed E-state index contributed by atoms with van der Waals surface area (Å²) in [6, 6.07) is 8.19. The Morgan fingerprint density at radius 2 is 1.75 bits per heavy atom. The Morgan fingerprint density at radius 1 is 1.20 bits per heavy atom. The highest BCUT2D eigenvalue weighted by Gasteiger charge is 2.35. The number of hydrogen-bond donors (Lipinski definition) is 2. The van der Waals surface area contributed by atoms with E-state index in [2.05, 4.69) is 21.2 Å². The highest BCUT2D eigenvalue weighted by molar-refractivity contribution is 9.10. The zero-order valence-electron chi connectivity index (χ0n) is 12.0. The van der Waals surface area contributed by atoms with Crippen molar-refractivity contribution in [3.8, 4) is 0 Å². The third-order valence-electron chi connectivity index (χ3n) is 4.26. The Hall–Kier alpha value is -0.870. The Kier molecular flexibility index (Phi) is 5.22.